The molecule has 2 N–H and O–H groups in total. The highest BCUT2D eigenvalue weighted by atomic mass is 15.3. The molecule has 1 aromatic rings. The minimum absolute atomic E-state index is 0.0782. The SMILES string of the molecule is CC(C)(C)n1nc(CN)c2c1CCCC2. The van der Waals surface area contributed by atoms with Crippen LogP contribution in [0.25, 0.3) is 0 Å². The zero-order valence-corrected chi connectivity index (χ0v) is 10.0. The van der Waals surface area contributed by atoms with Gasteiger partial charge in [0.2, 0.25) is 0 Å². The van der Waals surface area contributed by atoms with E-state index in [1.807, 2.05) is 0 Å². The van der Waals surface area contributed by atoms with Crippen LogP contribution >= 0.6 is 0 Å². The van der Waals surface area contributed by atoms with Gasteiger partial charge in [-0.3, -0.25) is 4.68 Å². The van der Waals surface area contributed by atoms with E-state index in [1.165, 1.54) is 30.5 Å². The van der Waals surface area contributed by atoms with Crippen molar-refractivity contribution in [2.75, 3.05) is 0 Å². The fraction of sp³-hybridized carbons (Fsp3) is 0.750. The van der Waals surface area contributed by atoms with Crippen LogP contribution in [-0.4, -0.2) is 9.78 Å². The highest BCUT2D eigenvalue weighted by molar-refractivity contribution is 5.29. The second kappa shape index (κ2) is 3.63. The predicted molar refractivity (Wildman–Crippen MR) is 61.8 cm³/mol. The summed E-state index contributed by atoms with van der Waals surface area (Å²) in [7, 11) is 0. The van der Waals surface area contributed by atoms with Crippen molar-refractivity contribution in [3.8, 4) is 0 Å². The Morgan fingerprint density at radius 3 is 2.53 bits per heavy atom. The summed E-state index contributed by atoms with van der Waals surface area (Å²) in [5, 5.41) is 4.67. The summed E-state index contributed by atoms with van der Waals surface area (Å²) in [5.41, 5.74) is 9.80. The summed E-state index contributed by atoms with van der Waals surface area (Å²) in [6.45, 7) is 7.19. The summed E-state index contributed by atoms with van der Waals surface area (Å²) in [5.74, 6) is 0. The van der Waals surface area contributed by atoms with E-state index in [-0.39, 0.29) is 5.54 Å². The Labute approximate surface area is 91.7 Å². The molecule has 1 aliphatic carbocycles. The Morgan fingerprint density at radius 2 is 1.93 bits per heavy atom. The van der Waals surface area contributed by atoms with Gasteiger partial charge in [0.05, 0.1) is 11.2 Å². The molecule has 0 spiro atoms. The molecule has 0 unspecified atom stereocenters. The summed E-state index contributed by atoms with van der Waals surface area (Å²) in [4.78, 5) is 0. The molecule has 0 amide bonds. The van der Waals surface area contributed by atoms with E-state index in [0.717, 1.165) is 12.1 Å². The number of hydrogen-bond donors (Lipinski definition) is 1. The molecule has 2 rings (SSSR count). The van der Waals surface area contributed by atoms with Crippen molar-refractivity contribution in [2.45, 2.75) is 58.5 Å². The molecule has 0 bridgehead atoms. The zero-order valence-electron chi connectivity index (χ0n) is 10.0. The van der Waals surface area contributed by atoms with Crippen LogP contribution in [0.5, 0.6) is 0 Å². The Kier molecular flexibility index (Phi) is 2.59. The molecule has 84 valence electrons. The van der Waals surface area contributed by atoms with Gasteiger partial charge in [-0.05, 0) is 52.0 Å². The Bertz CT molecular complexity index is 358. The van der Waals surface area contributed by atoms with Gasteiger partial charge in [-0.2, -0.15) is 5.10 Å². The molecule has 15 heavy (non-hydrogen) atoms. The first-order valence-electron chi connectivity index (χ1n) is 5.84. The second-order valence-corrected chi connectivity index (χ2v) is 5.37. The lowest BCUT2D eigenvalue weighted by Gasteiger charge is -2.24. The number of rotatable bonds is 1. The summed E-state index contributed by atoms with van der Waals surface area (Å²) in [6.07, 6.45) is 4.91. The molecule has 0 saturated carbocycles. The average molecular weight is 207 g/mol. The van der Waals surface area contributed by atoms with Crippen LogP contribution < -0.4 is 5.73 Å². The van der Waals surface area contributed by atoms with Crippen LogP contribution in [-0.2, 0) is 24.9 Å². The maximum absolute atomic E-state index is 5.75. The number of nitrogens with zero attached hydrogens (tertiary/aromatic N) is 2. The minimum atomic E-state index is 0.0782. The minimum Gasteiger partial charge on any atom is -0.325 e. The lowest BCUT2D eigenvalue weighted by molar-refractivity contribution is 0.338. The first-order chi connectivity index (χ1) is 7.04. The van der Waals surface area contributed by atoms with Gasteiger partial charge in [0, 0.05) is 12.2 Å². The largest absolute Gasteiger partial charge is 0.325 e. The van der Waals surface area contributed by atoms with Gasteiger partial charge in [0.15, 0.2) is 0 Å². The normalized spacial score (nSPS) is 16.5. The van der Waals surface area contributed by atoms with Crippen LogP contribution in [0.1, 0.15) is 50.6 Å². The van der Waals surface area contributed by atoms with E-state index < -0.39 is 0 Å². The van der Waals surface area contributed by atoms with Crippen molar-refractivity contribution in [1.29, 1.82) is 0 Å². The van der Waals surface area contributed by atoms with Crippen LogP contribution in [0.15, 0.2) is 0 Å². The standard InChI is InChI=1S/C12H21N3/c1-12(2,3)15-11-7-5-4-6-9(11)10(8-13)14-15/h4-8,13H2,1-3H3. The first-order valence-corrected chi connectivity index (χ1v) is 5.84. The van der Waals surface area contributed by atoms with E-state index >= 15 is 0 Å². The van der Waals surface area contributed by atoms with Crippen molar-refractivity contribution < 1.29 is 0 Å². The average Bonchev–Trinajstić information content (AvgIpc) is 2.55. The van der Waals surface area contributed by atoms with Crippen molar-refractivity contribution in [3.05, 3.63) is 17.0 Å². The first kappa shape index (κ1) is 10.7. The van der Waals surface area contributed by atoms with Crippen LogP contribution in [0.4, 0.5) is 0 Å². The fourth-order valence-electron chi connectivity index (χ4n) is 2.39. The van der Waals surface area contributed by atoms with Crippen LogP contribution in [0.3, 0.4) is 0 Å². The van der Waals surface area contributed by atoms with Gasteiger partial charge in [0.25, 0.3) is 0 Å². The van der Waals surface area contributed by atoms with Gasteiger partial charge in [-0.25, -0.2) is 0 Å². The number of nitrogens with two attached hydrogens (primary N) is 1. The third kappa shape index (κ3) is 1.81. The van der Waals surface area contributed by atoms with E-state index in [1.54, 1.807) is 0 Å². The third-order valence-electron chi connectivity index (χ3n) is 3.09. The summed E-state index contributed by atoms with van der Waals surface area (Å²) >= 11 is 0. The van der Waals surface area contributed by atoms with Crippen molar-refractivity contribution in [3.63, 3.8) is 0 Å². The summed E-state index contributed by atoms with van der Waals surface area (Å²) in [6, 6.07) is 0. The number of hydrogen-bond acceptors (Lipinski definition) is 2. The zero-order chi connectivity index (χ0) is 11.1. The van der Waals surface area contributed by atoms with Gasteiger partial charge < -0.3 is 5.73 Å². The molecule has 1 aliphatic rings. The van der Waals surface area contributed by atoms with Gasteiger partial charge >= 0.3 is 0 Å². The lowest BCUT2D eigenvalue weighted by Crippen LogP contribution is -2.26. The van der Waals surface area contributed by atoms with Gasteiger partial charge in [-0.15, -0.1) is 0 Å². The molecule has 0 atom stereocenters. The monoisotopic (exact) mass is 207 g/mol. The molecule has 0 saturated heterocycles. The Hall–Kier alpha value is -0.830. The quantitative estimate of drug-likeness (QED) is 0.765. The smallest absolute Gasteiger partial charge is 0.0795 e. The molecular formula is C12H21N3. The van der Waals surface area contributed by atoms with E-state index in [9.17, 15) is 0 Å². The molecule has 0 aliphatic heterocycles. The molecule has 3 nitrogen and oxygen atoms in total. The lowest BCUT2D eigenvalue weighted by atomic mass is 9.95. The second-order valence-electron chi connectivity index (χ2n) is 5.37. The van der Waals surface area contributed by atoms with Gasteiger partial charge in [0.1, 0.15) is 0 Å². The molecule has 3 heteroatoms. The fourth-order valence-corrected chi connectivity index (χ4v) is 2.39. The highest BCUT2D eigenvalue weighted by Crippen LogP contribution is 2.28. The van der Waals surface area contributed by atoms with Crippen molar-refractivity contribution in [2.24, 2.45) is 5.73 Å². The summed E-state index contributed by atoms with van der Waals surface area (Å²) < 4.78 is 2.18. The molecule has 0 aromatic carbocycles. The van der Waals surface area contributed by atoms with E-state index in [4.69, 9.17) is 5.73 Å². The van der Waals surface area contributed by atoms with Crippen LogP contribution in [0.2, 0.25) is 0 Å². The van der Waals surface area contributed by atoms with Crippen molar-refractivity contribution >= 4 is 0 Å². The number of aromatic nitrogens is 2. The Balaban J connectivity index is 2.52. The Morgan fingerprint density at radius 1 is 1.27 bits per heavy atom. The van der Waals surface area contributed by atoms with Crippen molar-refractivity contribution in [1.82, 2.24) is 9.78 Å². The maximum Gasteiger partial charge on any atom is 0.0795 e. The molecule has 1 heterocycles. The van der Waals surface area contributed by atoms with E-state index in [2.05, 4.69) is 30.6 Å². The molecule has 0 fully saturated rings. The third-order valence-corrected chi connectivity index (χ3v) is 3.09. The highest BCUT2D eigenvalue weighted by Gasteiger charge is 2.25. The predicted octanol–water partition coefficient (Wildman–Crippen LogP) is 1.98. The van der Waals surface area contributed by atoms with E-state index in [0.29, 0.717) is 6.54 Å². The molecular weight excluding hydrogens is 186 g/mol. The van der Waals surface area contributed by atoms with Crippen LogP contribution in [0, 0.1) is 0 Å². The molecule has 1 aromatic heterocycles. The molecule has 0 radical (unpaired) electrons. The maximum atomic E-state index is 5.75. The number of fused-ring (bicyclic) bond motifs is 1. The van der Waals surface area contributed by atoms with Gasteiger partial charge in [-0.1, -0.05) is 0 Å². The topological polar surface area (TPSA) is 43.8 Å².